The van der Waals surface area contributed by atoms with E-state index in [0.717, 1.165) is 10.8 Å². The fraction of sp³-hybridized carbons (Fsp3) is 0.533. The minimum absolute atomic E-state index is 0.0621. The molecule has 1 aromatic heterocycles. The Kier molecular flexibility index (Phi) is 7.61. The van der Waals surface area contributed by atoms with Gasteiger partial charge in [0.25, 0.3) is 5.56 Å². The number of azide groups is 1. The van der Waals surface area contributed by atoms with Crippen molar-refractivity contribution in [2.45, 2.75) is 31.0 Å². The Hall–Kier alpha value is -3.31. The maximum atomic E-state index is 12.1. The number of nitrogens with zero attached hydrogens (tertiary/aromatic N) is 4. The predicted octanol–water partition coefficient (Wildman–Crippen LogP) is -0.501. The number of aliphatic hydroxyl groups excluding tert-OH is 1. The maximum Gasteiger partial charge on any atom is 0.471 e. The molecule has 2 heterocycles. The number of aromatic amines is 1. The zero-order valence-corrected chi connectivity index (χ0v) is 15.0. The standard InChI is InChI=1S/C15H15F3N6O6/c16-15(17,18)13(27)20-3-1-2-8-5-24(14(28)22-12(8)26)11-4-9(10(6-25)30-11)29-7-21-23-19/h5,9-11,25H,3-4,6-7H2,(H,20,27)(H,22,26,28)/t9?,10-,11-/m0/s1. The Morgan fingerprint density at radius 3 is 2.90 bits per heavy atom. The van der Waals surface area contributed by atoms with Crippen molar-refractivity contribution in [3.63, 3.8) is 0 Å². The summed E-state index contributed by atoms with van der Waals surface area (Å²) in [6.07, 6.45) is -6.48. The van der Waals surface area contributed by atoms with E-state index in [-0.39, 0.29) is 18.7 Å². The van der Waals surface area contributed by atoms with Gasteiger partial charge in [0.2, 0.25) is 0 Å². The van der Waals surface area contributed by atoms with Gasteiger partial charge in [-0.15, -0.1) is 0 Å². The van der Waals surface area contributed by atoms with Crippen LogP contribution in [-0.4, -0.2) is 58.8 Å². The van der Waals surface area contributed by atoms with Crippen LogP contribution in [0.15, 0.2) is 20.9 Å². The van der Waals surface area contributed by atoms with Crippen LogP contribution in [0, 0.1) is 11.8 Å². The summed E-state index contributed by atoms with van der Waals surface area (Å²) in [6.45, 7) is -1.46. The van der Waals surface area contributed by atoms with Crippen LogP contribution in [0.25, 0.3) is 10.4 Å². The lowest BCUT2D eigenvalue weighted by Crippen LogP contribution is -2.37. The normalized spacial score (nSPS) is 20.7. The number of rotatable bonds is 6. The minimum Gasteiger partial charge on any atom is -0.394 e. The highest BCUT2D eigenvalue weighted by Gasteiger charge is 2.38. The maximum absolute atomic E-state index is 12.1. The summed E-state index contributed by atoms with van der Waals surface area (Å²) >= 11 is 0. The van der Waals surface area contributed by atoms with Gasteiger partial charge < -0.3 is 19.9 Å². The highest BCUT2D eigenvalue weighted by molar-refractivity contribution is 5.81. The van der Waals surface area contributed by atoms with E-state index in [0.29, 0.717) is 0 Å². The molecule has 1 unspecified atom stereocenters. The van der Waals surface area contributed by atoms with E-state index in [1.165, 1.54) is 5.32 Å². The smallest absolute Gasteiger partial charge is 0.394 e. The zero-order valence-electron chi connectivity index (χ0n) is 15.0. The lowest BCUT2D eigenvalue weighted by atomic mass is 10.2. The number of hydrogen-bond acceptors (Lipinski definition) is 7. The molecule has 1 saturated heterocycles. The number of H-pyrrole nitrogens is 1. The number of halogens is 3. The molecule has 0 saturated carbocycles. The Morgan fingerprint density at radius 2 is 2.27 bits per heavy atom. The summed E-state index contributed by atoms with van der Waals surface area (Å²) in [5, 5.41) is 14.1. The van der Waals surface area contributed by atoms with Crippen molar-refractivity contribution in [3.8, 4) is 11.8 Å². The predicted molar refractivity (Wildman–Crippen MR) is 91.8 cm³/mol. The molecule has 0 radical (unpaired) electrons. The van der Waals surface area contributed by atoms with Gasteiger partial charge in [-0.2, -0.15) is 13.2 Å². The third kappa shape index (κ3) is 5.84. The van der Waals surface area contributed by atoms with E-state index in [9.17, 15) is 32.7 Å². The topological polar surface area (TPSA) is 171 Å². The first-order valence-electron chi connectivity index (χ1n) is 8.25. The zero-order chi connectivity index (χ0) is 22.3. The summed E-state index contributed by atoms with van der Waals surface area (Å²) < 4.78 is 48.1. The van der Waals surface area contributed by atoms with Gasteiger partial charge in [-0.05, 0) is 5.53 Å². The molecule has 15 heteroatoms. The largest absolute Gasteiger partial charge is 0.471 e. The molecule has 0 aromatic carbocycles. The van der Waals surface area contributed by atoms with Gasteiger partial charge >= 0.3 is 17.8 Å². The molecule has 30 heavy (non-hydrogen) atoms. The van der Waals surface area contributed by atoms with Gasteiger partial charge in [-0.25, -0.2) is 4.79 Å². The third-order valence-corrected chi connectivity index (χ3v) is 3.87. The van der Waals surface area contributed by atoms with Gasteiger partial charge in [0, 0.05) is 17.5 Å². The first-order valence-corrected chi connectivity index (χ1v) is 8.25. The first kappa shape index (κ1) is 23.0. The second-order valence-electron chi connectivity index (χ2n) is 5.80. The van der Waals surface area contributed by atoms with E-state index in [2.05, 4.69) is 21.9 Å². The van der Waals surface area contributed by atoms with Gasteiger partial charge in [0.1, 0.15) is 24.6 Å². The van der Waals surface area contributed by atoms with Crippen molar-refractivity contribution in [1.29, 1.82) is 0 Å². The molecule has 1 aliphatic heterocycles. The summed E-state index contributed by atoms with van der Waals surface area (Å²) in [4.78, 5) is 39.2. The number of ether oxygens (including phenoxy) is 2. The monoisotopic (exact) mass is 432 g/mol. The summed E-state index contributed by atoms with van der Waals surface area (Å²) in [5.41, 5.74) is 6.26. The van der Waals surface area contributed by atoms with Crippen LogP contribution >= 0.6 is 0 Å². The number of alkyl halides is 3. The van der Waals surface area contributed by atoms with Gasteiger partial charge in [-0.3, -0.25) is 19.1 Å². The van der Waals surface area contributed by atoms with Crippen LogP contribution in [0.5, 0.6) is 0 Å². The molecule has 1 aliphatic rings. The number of carbonyl (C=O) groups is 1. The molecule has 1 aromatic rings. The van der Waals surface area contributed by atoms with Gasteiger partial charge in [0.15, 0.2) is 0 Å². The van der Waals surface area contributed by atoms with Crippen LogP contribution in [0.3, 0.4) is 0 Å². The summed E-state index contributed by atoms with van der Waals surface area (Å²) in [7, 11) is 0. The number of carbonyl (C=O) groups excluding carboxylic acids is 1. The number of aliphatic hydroxyl groups is 1. The third-order valence-electron chi connectivity index (χ3n) is 3.87. The van der Waals surface area contributed by atoms with E-state index < -0.39 is 54.9 Å². The van der Waals surface area contributed by atoms with Crippen LogP contribution < -0.4 is 16.6 Å². The quantitative estimate of drug-likeness (QED) is 0.237. The second-order valence-corrected chi connectivity index (χ2v) is 5.80. The molecule has 162 valence electrons. The molecule has 0 spiro atoms. The SMILES string of the molecule is [N-]=[N+]=NCOC1C[C@@H](n2cc(C#CCNC(=O)C(F)(F)F)c(=O)[nH]c2=O)O[C@H]1CO. The number of hydrogen-bond donors (Lipinski definition) is 3. The lowest BCUT2D eigenvalue weighted by Gasteiger charge is -2.15. The molecule has 3 atom stereocenters. The number of aromatic nitrogens is 2. The Bertz CT molecular complexity index is 1000. The Balaban J connectivity index is 2.16. The molecular weight excluding hydrogens is 417 g/mol. The average molecular weight is 432 g/mol. The van der Waals surface area contributed by atoms with Gasteiger partial charge in [0.05, 0.1) is 19.3 Å². The molecule has 12 nitrogen and oxygen atoms in total. The fourth-order valence-electron chi connectivity index (χ4n) is 2.52. The van der Waals surface area contributed by atoms with Crippen molar-refractivity contribution < 1.29 is 32.5 Å². The van der Waals surface area contributed by atoms with Crippen molar-refractivity contribution in [2.24, 2.45) is 5.11 Å². The van der Waals surface area contributed by atoms with Crippen molar-refractivity contribution >= 4 is 5.91 Å². The molecule has 1 fully saturated rings. The van der Waals surface area contributed by atoms with Crippen molar-refractivity contribution in [3.05, 3.63) is 43.0 Å². The first-order chi connectivity index (χ1) is 14.2. The minimum atomic E-state index is -5.06. The van der Waals surface area contributed by atoms with Crippen LogP contribution in [-0.2, 0) is 14.3 Å². The summed E-state index contributed by atoms with van der Waals surface area (Å²) in [6, 6.07) is 0. The molecule has 2 rings (SSSR count). The highest BCUT2D eigenvalue weighted by atomic mass is 19.4. The van der Waals surface area contributed by atoms with Crippen LogP contribution in [0.2, 0.25) is 0 Å². The lowest BCUT2D eigenvalue weighted by molar-refractivity contribution is -0.173. The molecule has 0 bridgehead atoms. The molecule has 1 amide bonds. The van der Waals surface area contributed by atoms with E-state index in [4.69, 9.17) is 15.0 Å². The van der Waals surface area contributed by atoms with Crippen LogP contribution in [0.4, 0.5) is 13.2 Å². The molecule has 0 aliphatic carbocycles. The van der Waals surface area contributed by atoms with E-state index in [1.54, 1.807) is 0 Å². The highest BCUT2D eigenvalue weighted by Crippen LogP contribution is 2.29. The van der Waals surface area contributed by atoms with E-state index >= 15 is 0 Å². The Labute approximate surface area is 165 Å². The van der Waals surface area contributed by atoms with Crippen molar-refractivity contribution in [1.82, 2.24) is 14.9 Å². The Morgan fingerprint density at radius 1 is 1.53 bits per heavy atom. The number of amides is 1. The molecular formula is C15H15F3N6O6. The van der Waals surface area contributed by atoms with E-state index in [1.807, 2.05) is 4.98 Å². The average Bonchev–Trinajstić information content (AvgIpc) is 3.08. The van der Waals surface area contributed by atoms with Gasteiger partial charge in [-0.1, -0.05) is 17.0 Å². The summed E-state index contributed by atoms with van der Waals surface area (Å²) in [5.74, 6) is 2.26. The molecule has 3 N–H and O–H groups in total. The van der Waals surface area contributed by atoms with Crippen LogP contribution in [0.1, 0.15) is 18.2 Å². The van der Waals surface area contributed by atoms with Crippen molar-refractivity contribution in [2.75, 3.05) is 19.9 Å². The second kappa shape index (κ2) is 9.94. The number of nitrogens with one attached hydrogen (secondary N) is 2. The fourth-order valence-corrected chi connectivity index (χ4v) is 2.52.